The second-order valence-electron chi connectivity index (χ2n) is 19.6. The van der Waals surface area contributed by atoms with Gasteiger partial charge in [-0.25, -0.2) is 0 Å². The topological polar surface area (TPSA) is 78.9 Å². The molecular weight excluding hydrogens is 757 g/mol. The van der Waals surface area contributed by atoms with E-state index in [9.17, 15) is 14.4 Å². The molecule has 0 saturated carbocycles. The molecule has 1 unspecified atom stereocenters. The maximum absolute atomic E-state index is 12.8. The van der Waals surface area contributed by atoms with Gasteiger partial charge >= 0.3 is 17.9 Å². The maximum atomic E-state index is 12.8. The first kappa shape index (κ1) is 59.4. The highest BCUT2D eigenvalue weighted by Crippen LogP contribution is 2.18. The van der Waals surface area contributed by atoms with E-state index in [0.29, 0.717) is 19.3 Å². The van der Waals surface area contributed by atoms with Gasteiger partial charge in [0.15, 0.2) is 6.10 Å². The summed E-state index contributed by atoms with van der Waals surface area (Å²) in [6.45, 7) is 11.4. The van der Waals surface area contributed by atoms with Crippen molar-refractivity contribution in [1.29, 1.82) is 0 Å². The van der Waals surface area contributed by atoms with Crippen molar-refractivity contribution in [3.63, 3.8) is 0 Å². The molecule has 0 aliphatic heterocycles. The first-order valence-corrected chi connectivity index (χ1v) is 27.3. The molecule has 6 nitrogen and oxygen atoms in total. The van der Waals surface area contributed by atoms with Crippen molar-refractivity contribution in [2.24, 2.45) is 11.8 Å². The van der Waals surface area contributed by atoms with Crippen LogP contribution >= 0.6 is 0 Å². The smallest absolute Gasteiger partial charge is 0.306 e. The molecule has 0 aromatic carbocycles. The van der Waals surface area contributed by atoms with Crippen LogP contribution in [0.3, 0.4) is 0 Å². The Morgan fingerprint density at radius 2 is 0.623 bits per heavy atom. The first-order chi connectivity index (χ1) is 29.8. The summed E-state index contributed by atoms with van der Waals surface area (Å²) in [5.74, 6) is 0.808. The molecule has 0 fully saturated rings. The highest BCUT2D eigenvalue weighted by molar-refractivity contribution is 5.71. The minimum absolute atomic E-state index is 0.0640. The van der Waals surface area contributed by atoms with E-state index in [0.717, 1.165) is 69.6 Å². The van der Waals surface area contributed by atoms with Gasteiger partial charge in [-0.3, -0.25) is 14.4 Å². The summed E-state index contributed by atoms with van der Waals surface area (Å²) in [6, 6.07) is 0. The lowest BCUT2D eigenvalue weighted by Crippen LogP contribution is -2.30. The summed E-state index contributed by atoms with van der Waals surface area (Å²) in [5, 5.41) is 0. The third kappa shape index (κ3) is 47.7. The van der Waals surface area contributed by atoms with E-state index in [1.54, 1.807) is 0 Å². The molecule has 0 saturated heterocycles. The third-order valence-corrected chi connectivity index (χ3v) is 12.8. The number of carbonyl (C=O) groups excluding carboxylic acids is 3. The van der Waals surface area contributed by atoms with Crippen LogP contribution < -0.4 is 0 Å². The summed E-state index contributed by atoms with van der Waals surface area (Å²) in [7, 11) is 0. The molecule has 0 aromatic rings. The SMILES string of the molecule is CCCCCCCCCCCCCCCCCCC(=O)OC[C@H](COC(=O)CCCCCCCCC(C)C)OC(=O)CCCCCCCCCCCCCCCCC(C)CC. The van der Waals surface area contributed by atoms with E-state index < -0.39 is 6.10 Å². The maximum Gasteiger partial charge on any atom is 0.306 e. The molecule has 0 radical (unpaired) electrons. The van der Waals surface area contributed by atoms with Crippen LogP contribution in [0.25, 0.3) is 0 Å². The second kappa shape index (κ2) is 47.9. The van der Waals surface area contributed by atoms with Crippen LogP contribution in [0.2, 0.25) is 0 Å². The van der Waals surface area contributed by atoms with Crippen molar-refractivity contribution >= 4 is 17.9 Å². The van der Waals surface area contributed by atoms with Gasteiger partial charge in [0.1, 0.15) is 13.2 Å². The predicted octanol–water partition coefficient (Wildman–Crippen LogP) is 17.7. The lowest BCUT2D eigenvalue weighted by molar-refractivity contribution is -0.167. The molecule has 0 heterocycles. The highest BCUT2D eigenvalue weighted by Gasteiger charge is 2.19. The monoisotopic (exact) mass is 863 g/mol. The molecule has 0 rings (SSSR count). The number of rotatable bonds is 49. The molecule has 0 aliphatic rings. The van der Waals surface area contributed by atoms with Crippen LogP contribution in [0.4, 0.5) is 0 Å². The average molecular weight is 863 g/mol. The minimum atomic E-state index is -0.762. The Kier molecular flexibility index (Phi) is 46.6. The molecule has 362 valence electrons. The van der Waals surface area contributed by atoms with Crippen LogP contribution in [0, 0.1) is 11.8 Å². The number of esters is 3. The fourth-order valence-electron chi connectivity index (χ4n) is 8.31. The van der Waals surface area contributed by atoms with Gasteiger partial charge < -0.3 is 14.2 Å². The predicted molar refractivity (Wildman–Crippen MR) is 261 cm³/mol. The number of ether oxygens (including phenoxy) is 3. The molecule has 0 spiro atoms. The highest BCUT2D eigenvalue weighted by atomic mass is 16.6. The van der Waals surface area contributed by atoms with Crippen LogP contribution in [0.1, 0.15) is 304 Å². The molecule has 61 heavy (non-hydrogen) atoms. The van der Waals surface area contributed by atoms with Crippen molar-refractivity contribution in [3.8, 4) is 0 Å². The van der Waals surface area contributed by atoms with Crippen molar-refractivity contribution in [3.05, 3.63) is 0 Å². The molecular formula is C55H106O6. The number of unbranched alkanes of at least 4 members (excludes halogenated alkanes) is 33. The molecule has 6 heteroatoms. The molecule has 0 aromatic heterocycles. The Bertz CT molecular complexity index is 933. The first-order valence-electron chi connectivity index (χ1n) is 27.3. The lowest BCUT2D eigenvalue weighted by Gasteiger charge is -2.18. The van der Waals surface area contributed by atoms with Gasteiger partial charge in [0.25, 0.3) is 0 Å². The zero-order chi connectivity index (χ0) is 44.7. The standard InChI is InChI=1S/C55H106O6/c1-6-8-9-10-11-12-13-14-15-16-20-23-26-29-35-40-45-53(56)59-48-52(49-60-54(57)46-41-36-32-31-33-38-43-50(3)4)61-55(58)47-42-37-30-27-24-21-18-17-19-22-25-28-34-39-44-51(5)7-2/h50-52H,6-49H2,1-5H3/t51?,52-/m1/s1. The van der Waals surface area contributed by atoms with Gasteiger partial charge in [-0.2, -0.15) is 0 Å². The van der Waals surface area contributed by atoms with Crippen molar-refractivity contribution in [1.82, 2.24) is 0 Å². The van der Waals surface area contributed by atoms with Gasteiger partial charge in [-0.1, -0.05) is 266 Å². The summed E-state index contributed by atoms with van der Waals surface area (Å²) in [6.07, 6.45) is 49.6. The van der Waals surface area contributed by atoms with Crippen molar-refractivity contribution < 1.29 is 28.6 Å². The van der Waals surface area contributed by atoms with Gasteiger partial charge in [0, 0.05) is 19.3 Å². The third-order valence-electron chi connectivity index (χ3n) is 12.8. The number of carbonyl (C=O) groups is 3. The van der Waals surface area contributed by atoms with Gasteiger partial charge in [-0.05, 0) is 31.1 Å². The number of hydrogen-bond acceptors (Lipinski definition) is 6. The van der Waals surface area contributed by atoms with Crippen LogP contribution in [-0.4, -0.2) is 37.2 Å². The summed E-state index contributed by atoms with van der Waals surface area (Å²) < 4.78 is 16.8. The fraction of sp³-hybridized carbons (Fsp3) is 0.945. The quantitative estimate of drug-likeness (QED) is 0.0344. The zero-order valence-electron chi connectivity index (χ0n) is 41.8. The second-order valence-corrected chi connectivity index (χ2v) is 19.6. The Hall–Kier alpha value is -1.59. The molecule has 0 N–H and O–H groups in total. The largest absolute Gasteiger partial charge is 0.462 e. The van der Waals surface area contributed by atoms with E-state index in [-0.39, 0.29) is 31.1 Å². The Balaban J connectivity index is 4.25. The van der Waals surface area contributed by atoms with Gasteiger partial charge in [0.05, 0.1) is 0 Å². The van der Waals surface area contributed by atoms with E-state index in [1.807, 2.05) is 0 Å². The average Bonchev–Trinajstić information content (AvgIpc) is 3.24. The lowest BCUT2D eigenvalue weighted by atomic mass is 9.99. The Labute approximate surface area is 380 Å². The summed E-state index contributed by atoms with van der Waals surface area (Å²) in [4.78, 5) is 38.0. The fourth-order valence-corrected chi connectivity index (χ4v) is 8.31. The molecule has 0 amide bonds. The minimum Gasteiger partial charge on any atom is -0.462 e. The van der Waals surface area contributed by atoms with E-state index in [2.05, 4.69) is 34.6 Å². The Morgan fingerprint density at radius 3 is 0.934 bits per heavy atom. The molecule has 0 aliphatic carbocycles. The Morgan fingerprint density at radius 1 is 0.344 bits per heavy atom. The zero-order valence-corrected chi connectivity index (χ0v) is 41.8. The number of hydrogen-bond donors (Lipinski definition) is 0. The molecule has 0 bridgehead atoms. The summed E-state index contributed by atoms with van der Waals surface area (Å²) >= 11 is 0. The van der Waals surface area contributed by atoms with Crippen LogP contribution in [-0.2, 0) is 28.6 Å². The normalized spacial score (nSPS) is 12.5. The van der Waals surface area contributed by atoms with Gasteiger partial charge in [0.2, 0.25) is 0 Å². The van der Waals surface area contributed by atoms with Crippen LogP contribution in [0.15, 0.2) is 0 Å². The van der Waals surface area contributed by atoms with E-state index in [4.69, 9.17) is 14.2 Å². The van der Waals surface area contributed by atoms with E-state index in [1.165, 1.54) is 193 Å². The summed E-state index contributed by atoms with van der Waals surface area (Å²) in [5.41, 5.74) is 0. The van der Waals surface area contributed by atoms with Crippen molar-refractivity contribution in [2.45, 2.75) is 310 Å². The molecule has 2 atom stereocenters. The van der Waals surface area contributed by atoms with Crippen molar-refractivity contribution in [2.75, 3.05) is 13.2 Å². The van der Waals surface area contributed by atoms with Gasteiger partial charge in [-0.15, -0.1) is 0 Å². The van der Waals surface area contributed by atoms with Crippen LogP contribution in [0.5, 0.6) is 0 Å². The van der Waals surface area contributed by atoms with E-state index >= 15 is 0 Å².